The summed E-state index contributed by atoms with van der Waals surface area (Å²) in [5.74, 6) is 0.602. The standard InChI is InChI=1S/C11H17NOS/c1-7(2)11-5-8-9(6-13)12-4-3-10(8)14-11/h5,7,9,12-13H,3-4,6H2,1-2H3. The number of rotatable bonds is 2. The van der Waals surface area contributed by atoms with Crippen molar-refractivity contribution in [1.29, 1.82) is 0 Å². The molecule has 2 N–H and O–H groups in total. The molecule has 0 saturated heterocycles. The van der Waals surface area contributed by atoms with Crippen LogP contribution in [-0.4, -0.2) is 18.3 Å². The van der Waals surface area contributed by atoms with E-state index in [-0.39, 0.29) is 12.6 Å². The predicted molar refractivity (Wildman–Crippen MR) is 59.9 cm³/mol. The molecule has 2 nitrogen and oxygen atoms in total. The number of aliphatic hydroxyl groups is 1. The van der Waals surface area contributed by atoms with Gasteiger partial charge in [-0.1, -0.05) is 13.8 Å². The molecule has 0 radical (unpaired) electrons. The highest BCUT2D eigenvalue weighted by molar-refractivity contribution is 7.12. The molecule has 0 aromatic carbocycles. The molecule has 1 aromatic heterocycles. The van der Waals surface area contributed by atoms with Crippen LogP contribution in [0.15, 0.2) is 6.07 Å². The van der Waals surface area contributed by atoms with Gasteiger partial charge < -0.3 is 10.4 Å². The summed E-state index contributed by atoms with van der Waals surface area (Å²) in [5.41, 5.74) is 1.33. The highest BCUT2D eigenvalue weighted by Crippen LogP contribution is 2.34. The van der Waals surface area contributed by atoms with Crippen LogP contribution in [0.4, 0.5) is 0 Å². The van der Waals surface area contributed by atoms with Crippen molar-refractivity contribution in [3.8, 4) is 0 Å². The Labute approximate surface area is 89.0 Å². The second-order valence-corrected chi connectivity index (χ2v) is 5.29. The molecule has 1 aliphatic heterocycles. The Morgan fingerprint density at radius 1 is 1.64 bits per heavy atom. The lowest BCUT2D eigenvalue weighted by atomic mass is 10.0. The quantitative estimate of drug-likeness (QED) is 0.784. The molecule has 14 heavy (non-hydrogen) atoms. The van der Waals surface area contributed by atoms with Gasteiger partial charge in [0, 0.05) is 16.3 Å². The first kappa shape index (κ1) is 10.1. The third-order valence-corrected chi connectivity index (χ3v) is 4.24. The van der Waals surface area contributed by atoms with Gasteiger partial charge >= 0.3 is 0 Å². The molecule has 1 unspecified atom stereocenters. The summed E-state index contributed by atoms with van der Waals surface area (Å²) in [7, 11) is 0. The van der Waals surface area contributed by atoms with E-state index in [9.17, 15) is 5.11 Å². The van der Waals surface area contributed by atoms with Crippen molar-refractivity contribution in [1.82, 2.24) is 5.32 Å². The van der Waals surface area contributed by atoms with E-state index in [1.807, 2.05) is 11.3 Å². The maximum absolute atomic E-state index is 9.23. The zero-order chi connectivity index (χ0) is 10.1. The molecule has 3 heteroatoms. The van der Waals surface area contributed by atoms with Crippen molar-refractivity contribution < 1.29 is 5.11 Å². The topological polar surface area (TPSA) is 32.3 Å². The summed E-state index contributed by atoms with van der Waals surface area (Å²) >= 11 is 1.91. The van der Waals surface area contributed by atoms with E-state index in [1.165, 1.54) is 15.3 Å². The van der Waals surface area contributed by atoms with E-state index in [0.717, 1.165) is 13.0 Å². The number of fused-ring (bicyclic) bond motifs is 1. The van der Waals surface area contributed by atoms with Crippen LogP contribution < -0.4 is 5.32 Å². The van der Waals surface area contributed by atoms with Gasteiger partial charge in [0.15, 0.2) is 0 Å². The van der Waals surface area contributed by atoms with Gasteiger partial charge in [-0.05, 0) is 24.0 Å². The SMILES string of the molecule is CC(C)c1cc2c(s1)CCNC2CO. The molecule has 2 heterocycles. The van der Waals surface area contributed by atoms with Crippen molar-refractivity contribution in [3.63, 3.8) is 0 Å². The minimum atomic E-state index is 0.169. The molecule has 0 amide bonds. The largest absolute Gasteiger partial charge is 0.394 e. The van der Waals surface area contributed by atoms with Crippen molar-refractivity contribution in [3.05, 3.63) is 21.4 Å². The van der Waals surface area contributed by atoms with Crippen molar-refractivity contribution in [2.24, 2.45) is 0 Å². The van der Waals surface area contributed by atoms with Crippen LogP contribution in [0.25, 0.3) is 0 Å². The zero-order valence-electron chi connectivity index (χ0n) is 8.71. The third-order valence-electron chi connectivity index (χ3n) is 2.73. The Morgan fingerprint density at radius 2 is 2.43 bits per heavy atom. The zero-order valence-corrected chi connectivity index (χ0v) is 9.53. The number of thiophene rings is 1. The fourth-order valence-electron chi connectivity index (χ4n) is 1.87. The molecule has 0 aliphatic carbocycles. The Hall–Kier alpha value is -0.380. The predicted octanol–water partition coefficient (Wildman–Crippen LogP) is 2.05. The summed E-state index contributed by atoms with van der Waals surface area (Å²) in [5, 5.41) is 12.6. The van der Waals surface area contributed by atoms with Gasteiger partial charge in [-0.25, -0.2) is 0 Å². The second kappa shape index (κ2) is 4.01. The van der Waals surface area contributed by atoms with E-state index < -0.39 is 0 Å². The van der Waals surface area contributed by atoms with Crippen LogP contribution in [0.5, 0.6) is 0 Å². The summed E-state index contributed by atoms with van der Waals surface area (Å²) in [6.07, 6.45) is 1.11. The Bertz CT molecular complexity index is 319. The Kier molecular flexibility index (Phi) is 2.91. The molecule has 2 rings (SSSR count). The van der Waals surface area contributed by atoms with E-state index in [0.29, 0.717) is 5.92 Å². The third kappa shape index (κ3) is 1.72. The second-order valence-electron chi connectivity index (χ2n) is 4.12. The molecular formula is C11H17NOS. The van der Waals surface area contributed by atoms with Gasteiger partial charge in [0.2, 0.25) is 0 Å². The maximum Gasteiger partial charge on any atom is 0.0626 e. The lowest BCUT2D eigenvalue weighted by molar-refractivity contribution is 0.241. The van der Waals surface area contributed by atoms with E-state index in [2.05, 4.69) is 25.2 Å². The summed E-state index contributed by atoms with van der Waals surface area (Å²) < 4.78 is 0. The van der Waals surface area contributed by atoms with Gasteiger partial charge in [0.25, 0.3) is 0 Å². The molecule has 0 spiro atoms. The summed E-state index contributed by atoms with van der Waals surface area (Å²) in [4.78, 5) is 2.91. The van der Waals surface area contributed by atoms with Crippen LogP contribution in [0.3, 0.4) is 0 Å². The lowest BCUT2D eigenvalue weighted by Gasteiger charge is -2.21. The highest BCUT2D eigenvalue weighted by Gasteiger charge is 2.22. The van der Waals surface area contributed by atoms with Gasteiger partial charge in [-0.3, -0.25) is 0 Å². The number of hydrogen-bond donors (Lipinski definition) is 2. The van der Waals surface area contributed by atoms with Crippen LogP contribution in [0, 0.1) is 0 Å². The average molecular weight is 211 g/mol. The molecule has 1 aromatic rings. The minimum absolute atomic E-state index is 0.169. The summed E-state index contributed by atoms with van der Waals surface area (Å²) in [6.45, 7) is 5.65. The maximum atomic E-state index is 9.23. The average Bonchev–Trinajstić information content (AvgIpc) is 2.60. The molecule has 0 fully saturated rings. The first-order valence-electron chi connectivity index (χ1n) is 5.19. The fourth-order valence-corrected chi connectivity index (χ4v) is 3.10. The molecule has 78 valence electrons. The minimum Gasteiger partial charge on any atom is -0.394 e. The first-order valence-corrected chi connectivity index (χ1v) is 6.00. The van der Waals surface area contributed by atoms with Crippen LogP contribution >= 0.6 is 11.3 Å². The van der Waals surface area contributed by atoms with Crippen molar-refractivity contribution >= 4 is 11.3 Å². The molecular weight excluding hydrogens is 194 g/mol. The number of nitrogens with one attached hydrogen (secondary N) is 1. The van der Waals surface area contributed by atoms with E-state index >= 15 is 0 Å². The van der Waals surface area contributed by atoms with Crippen molar-refractivity contribution in [2.75, 3.05) is 13.2 Å². The highest BCUT2D eigenvalue weighted by atomic mass is 32.1. The lowest BCUT2D eigenvalue weighted by Crippen LogP contribution is -2.30. The Morgan fingerprint density at radius 3 is 3.07 bits per heavy atom. The molecule has 1 atom stereocenters. The van der Waals surface area contributed by atoms with Gasteiger partial charge in [-0.2, -0.15) is 0 Å². The normalized spacial score (nSPS) is 21.3. The summed E-state index contributed by atoms with van der Waals surface area (Å²) in [6, 6.07) is 2.43. The van der Waals surface area contributed by atoms with Crippen LogP contribution in [-0.2, 0) is 6.42 Å². The van der Waals surface area contributed by atoms with Gasteiger partial charge in [0.05, 0.1) is 12.6 Å². The van der Waals surface area contributed by atoms with Crippen LogP contribution in [0.2, 0.25) is 0 Å². The monoisotopic (exact) mass is 211 g/mol. The smallest absolute Gasteiger partial charge is 0.0626 e. The van der Waals surface area contributed by atoms with E-state index in [1.54, 1.807) is 0 Å². The fraction of sp³-hybridized carbons (Fsp3) is 0.636. The van der Waals surface area contributed by atoms with Crippen molar-refractivity contribution in [2.45, 2.75) is 32.2 Å². The van der Waals surface area contributed by atoms with Gasteiger partial charge in [0.1, 0.15) is 0 Å². The molecule has 0 bridgehead atoms. The van der Waals surface area contributed by atoms with E-state index in [4.69, 9.17) is 0 Å². The molecule has 0 saturated carbocycles. The Balaban J connectivity index is 2.33. The van der Waals surface area contributed by atoms with Gasteiger partial charge in [-0.15, -0.1) is 11.3 Å². The molecule has 1 aliphatic rings. The van der Waals surface area contributed by atoms with Crippen LogP contribution in [0.1, 0.15) is 41.1 Å². The number of aliphatic hydroxyl groups excluding tert-OH is 1. The number of hydrogen-bond acceptors (Lipinski definition) is 3. The first-order chi connectivity index (χ1) is 6.72.